The first-order chi connectivity index (χ1) is 12.8. The van der Waals surface area contributed by atoms with Crippen molar-refractivity contribution >= 4 is 17.2 Å². The van der Waals surface area contributed by atoms with E-state index in [9.17, 15) is 28.1 Å². The van der Waals surface area contributed by atoms with Crippen molar-refractivity contribution < 1.29 is 22.9 Å². The molecule has 0 aliphatic carbocycles. The van der Waals surface area contributed by atoms with Crippen LogP contribution < -0.4 is 5.32 Å². The second-order valence-electron chi connectivity index (χ2n) is 5.60. The number of benzene rings is 1. The molecule has 0 unspecified atom stereocenters. The highest BCUT2D eigenvalue weighted by molar-refractivity contribution is 5.79. The molecule has 0 aliphatic heterocycles. The summed E-state index contributed by atoms with van der Waals surface area (Å²) in [6, 6.07) is 7.86. The number of amides is 1. The van der Waals surface area contributed by atoms with Gasteiger partial charge in [0, 0.05) is 17.8 Å². The molecule has 3 rings (SSSR count). The third-order valence-corrected chi connectivity index (χ3v) is 3.78. The van der Waals surface area contributed by atoms with E-state index >= 15 is 0 Å². The van der Waals surface area contributed by atoms with E-state index in [0.29, 0.717) is 0 Å². The lowest BCUT2D eigenvalue weighted by Crippen LogP contribution is -2.26. The van der Waals surface area contributed by atoms with Gasteiger partial charge in [-0.15, -0.1) is 10.2 Å². The Morgan fingerprint density at radius 1 is 1.19 bits per heavy atom. The van der Waals surface area contributed by atoms with E-state index in [-0.39, 0.29) is 35.7 Å². The molecule has 2 aromatic heterocycles. The fourth-order valence-electron chi connectivity index (χ4n) is 2.48. The van der Waals surface area contributed by atoms with Crippen molar-refractivity contribution in [3.05, 3.63) is 69.7 Å². The highest BCUT2D eigenvalue weighted by Crippen LogP contribution is 2.29. The van der Waals surface area contributed by atoms with Crippen LogP contribution >= 0.6 is 0 Å². The summed E-state index contributed by atoms with van der Waals surface area (Å²) in [6.07, 6.45) is -3.92. The summed E-state index contributed by atoms with van der Waals surface area (Å²) in [4.78, 5) is 22.5. The summed E-state index contributed by atoms with van der Waals surface area (Å²) < 4.78 is 39.6. The van der Waals surface area contributed by atoms with Gasteiger partial charge in [-0.2, -0.15) is 13.2 Å². The maximum Gasteiger partial charge on any atom is 0.417 e. The van der Waals surface area contributed by atoms with Gasteiger partial charge in [-0.25, -0.2) is 0 Å². The van der Waals surface area contributed by atoms with E-state index in [1.807, 2.05) is 0 Å². The van der Waals surface area contributed by atoms with Crippen LogP contribution in [-0.4, -0.2) is 25.4 Å². The number of nitrogens with one attached hydrogen (secondary N) is 1. The van der Waals surface area contributed by atoms with Gasteiger partial charge in [-0.05, 0) is 12.1 Å². The number of carbonyl (C=O) groups is 1. The van der Waals surface area contributed by atoms with Crippen molar-refractivity contribution in [2.24, 2.45) is 0 Å². The Morgan fingerprint density at radius 2 is 1.93 bits per heavy atom. The number of hydrogen-bond acceptors (Lipinski definition) is 5. The van der Waals surface area contributed by atoms with Gasteiger partial charge < -0.3 is 5.32 Å². The van der Waals surface area contributed by atoms with Crippen molar-refractivity contribution in [2.75, 3.05) is 0 Å². The predicted molar refractivity (Wildman–Crippen MR) is 86.6 cm³/mol. The molecule has 0 fully saturated rings. The van der Waals surface area contributed by atoms with Gasteiger partial charge in [0.2, 0.25) is 5.91 Å². The van der Waals surface area contributed by atoms with Gasteiger partial charge in [0.1, 0.15) is 0 Å². The Kier molecular flexibility index (Phi) is 4.75. The average molecular weight is 379 g/mol. The number of para-hydroxylation sites is 1. The molecule has 0 radical (unpaired) electrons. The number of hydrogen-bond donors (Lipinski definition) is 1. The number of nitro groups is 1. The van der Waals surface area contributed by atoms with Crippen molar-refractivity contribution in [3.63, 3.8) is 0 Å². The lowest BCUT2D eigenvalue weighted by Gasteiger charge is -2.08. The van der Waals surface area contributed by atoms with Crippen LogP contribution in [-0.2, 0) is 23.9 Å². The maximum atomic E-state index is 12.8. The van der Waals surface area contributed by atoms with E-state index in [4.69, 9.17) is 0 Å². The summed E-state index contributed by atoms with van der Waals surface area (Å²) in [7, 11) is 0. The van der Waals surface area contributed by atoms with Gasteiger partial charge >= 0.3 is 6.18 Å². The summed E-state index contributed by atoms with van der Waals surface area (Å²) in [6.45, 7) is -0.179. The normalized spacial score (nSPS) is 11.5. The van der Waals surface area contributed by atoms with Crippen LogP contribution in [0.3, 0.4) is 0 Å². The van der Waals surface area contributed by atoms with E-state index in [0.717, 1.165) is 16.7 Å². The molecule has 0 aliphatic rings. The first-order valence-corrected chi connectivity index (χ1v) is 7.65. The number of halogens is 3. The molecule has 11 heteroatoms. The van der Waals surface area contributed by atoms with Gasteiger partial charge in [-0.3, -0.25) is 19.3 Å². The maximum absolute atomic E-state index is 12.8. The molecule has 27 heavy (non-hydrogen) atoms. The van der Waals surface area contributed by atoms with E-state index < -0.39 is 22.6 Å². The summed E-state index contributed by atoms with van der Waals surface area (Å²) in [5.41, 5.74) is -0.630. The molecule has 0 atom stereocenters. The monoisotopic (exact) mass is 379 g/mol. The van der Waals surface area contributed by atoms with Crippen molar-refractivity contribution in [1.29, 1.82) is 0 Å². The van der Waals surface area contributed by atoms with Crippen LogP contribution in [0.5, 0.6) is 0 Å². The number of nitro benzene ring substituents is 1. The molecular formula is C16H12F3N5O3. The molecule has 1 amide bonds. The predicted octanol–water partition coefficient (Wildman–Crippen LogP) is 2.52. The molecule has 1 aromatic carbocycles. The standard InChI is InChI=1S/C16H12F3N5O3/c17-16(18,19)11-5-6-13-21-22-14(23(13)9-11)8-20-15(25)7-10-3-1-2-4-12(10)24(26)27/h1-6,9H,7-8H2,(H,20,25). The quantitative estimate of drug-likeness (QED) is 0.542. The zero-order valence-corrected chi connectivity index (χ0v) is 13.6. The van der Waals surface area contributed by atoms with Crippen molar-refractivity contribution in [2.45, 2.75) is 19.1 Å². The number of aromatic nitrogens is 3. The van der Waals surface area contributed by atoms with E-state index in [1.165, 1.54) is 24.3 Å². The molecule has 0 saturated carbocycles. The number of carbonyl (C=O) groups excluding carboxylic acids is 1. The average Bonchev–Trinajstić information content (AvgIpc) is 3.02. The summed E-state index contributed by atoms with van der Waals surface area (Å²) >= 11 is 0. The third kappa shape index (κ3) is 4.02. The Morgan fingerprint density at radius 3 is 2.63 bits per heavy atom. The third-order valence-electron chi connectivity index (χ3n) is 3.78. The minimum atomic E-state index is -4.52. The number of pyridine rings is 1. The Balaban J connectivity index is 1.73. The SMILES string of the molecule is O=C(Cc1ccccc1[N+](=O)[O-])NCc1nnc2ccc(C(F)(F)F)cn12. The minimum Gasteiger partial charge on any atom is -0.348 e. The molecule has 3 aromatic rings. The van der Waals surface area contributed by atoms with Crippen LogP contribution in [0.4, 0.5) is 18.9 Å². The van der Waals surface area contributed by atoms with Gasteiger partial charge in [0.05, 0.1) is 23.5 Å². The molecule has 140 valence electrons. The fraction of sp³-hybridized carbons (Fsp3) is 0.188. The van der Waals surface area contributed by atoms with E-state index in [1.54, 1.807) is 6.07 Å². The fourth-order valence-corrected chi connectivity index (χ4v) is 2.48. The second-order valence-corrected chi connectivity index (χ2v) is 5.60. The minimum absolute atomic E-state index is 0.104. The summed E-state index contributed by atoms with van der Waals surface area (Å²) in [5.74, 6) is -0.431. The summed E-state index contributed by atoms with van der Waals surface area (Å²) in [5, 5.41) is 21.0. The number of nitrogens with zero attached hydrogens (tertiary/aromatic N) is 4. The van der Waals surface area contributed by atoms with Crippen LogP contribution in [0.15, 0.2) is 42.6 Å². The molecule has 0 saturated heterocycles. The van der Waals surface area contributed by atoms with Crippen molar-refractivity contribution in [1.82, 2.24) is 19.9 Å². The molecule has 0 spiro atoms. The van der Waals surface area contributed by atoms with Crippen LogP contribution in [0.25, 0.3) is 5.65 Å². The van der Waals surface area contributed by atoms with E-state index in [2.05, 4.69) is 15.5 Å². The van der Waals surface area contributed by atoms with Gasteiger partial charge in [0.15, 0.2) is 11.5 Å². The smallest absolute Gasteiger partial charge is 0.348 e. The number of alkyl halides is 3. The number of rotatable bonds is 5. The van der Waals surface area contributed by atoms with Gasteiger partial charge in [-0.1, -0.05) is 18.2 Å². The highest BCUT2D eigenvalue weighted by Gasteiger charge is 2.31. The highest BCUT2D eigenvalue weighted by atomic mass is 19.4. The number of fused-ring (bicyclic) bond motifs is 1. The zero-order valence-electron chi connectivity index (χ0n) is 13.6. The molecule has 1 N–H and O–H groups in total. The van der Waals surface area contributed by atoms with Crippen LogP contribution in [0.2, 0.25) is 0 Å². The Hall–Kier alpha value is -3.50. The van der Waals surface area contributed by atoms with Crippen LogP contribution in [0.1, 0.15) is 17.0 Å². The van der Waals surface area contributed by atoms with Gasteiger partial charge in [0.25, 0.3) is 5.69 Å². The second kappa shape index (κ2) is 7.02. The topological polar surface area (TPSA) is 102 Å². The zero-order chi connectivity index (χ0) is 19.6. The lowest BCUT2D eigenvalue weighted by atomic mass is 10.1. The molecule has 8 nitrogen and oxygen atoms in total. The first kappa shape index (κ1) is 18.3. The molecule has 0 bridgehead atoms. The Labute approximate surface area is 149 Å². The van der Waals surface area contributed by atoms with Crippen LogP contribution in [0, 0.1) is 10.1 Å². The largest absolute Gasteiger partial charge is 0.417 e. The first-order valence-electron chi connectivity index (χ1n) is 7.65. The molecule has 2 heterocycles. The lowest BCUT2D eigenvalue weighted by molar-refractivity contribution is -0.385. The Bertz CT molecular complexity index is 1020. The van der Waals surface area contributed by atoms with Crippen molar-refractivity contribution in [3.8, 4) is 0 Å². The molecular weight excluding hydrogens is 367 g/mol.